The molecule has 0 aromatic heterocycles. The molecule has 4 saturated carbocycles. The first kappa shape index (κ1) is 43.4. The van der Waals surface area contributed by atoms with Crippen LogP contribution in [0.15, 0.2) is 0 Å². The number of carbonyl (C=O) groups excluding carboxylic acids is 2. The molecule has 11 atom stereocenters. The van der Waals surface area contributed by atoms with E-state index in [9.17, 15) is 22.6 Å². The molecule has 4 rings (SSSR count). The van der Waals surface area contributed by atoms with Crippen molar-refractivity contribution in [1.29, 1.82) is 0 Å². The second-order valence-electron chi connectivity index (χ2n) is 18.3. The third-order valence-electron chi connectivity index (χ3n) is 15.0. The van der Waals surface area contributed by atoms with Gasteiger partial charge in [0.1, 0.15) is 6.10 Å². The third kappa shape index (κ3) is 9.55. The maximum absolute atomic E-state index is 14.4. The summed E-state index contributed by atoms with van der Waals surface area (Å²) in [5, 5.41) is 3.35. The Morgan fingerprint density at radius 1 is 0.885 bits per heavy atom. The van der Waals surface area contributed by atoms with E-state index in [2.05, 4.69) is 51.8 Å². The van der Waals surface area contributed by atoms with Crippen molar-refractivity contribution in [3.63, 3.8) is 0 Å². The summed E-state index contributed by atoms with van der Waals surface area (Å²) in [4.78, 5) is 29.5. The van der Waals surface area contributed by atoms with Gasteiger partial charge in [0.05, 0.1) is 6.10 Å². The van der Waals surface area contributed by atoms with Gasteiger partial charge in [-0.05, 0) is 149 Å². The van der Waals surface area contributed by atoms with Gasteiger partial charge in [0.2, 0.25) is 5.91 Å². The molecule has 12 heteroatoms. The van der Waals surface area contributed by atoms with Gasteiger partial charge in [0.15, 0.2) is 0 Å². The van der Waals surface area contributed by atoms with Gasteiger partial charge in [0.25, 0.3) is 0 Å². The van der Waals surface area contributed by atoms with Crippen LogP contribution in [0.25, 0.3) is 0 Å². The number of hydrogen-bond acceptors (Lipinski definition) is 9. The summed E-state index contributed by atoms with van der Waals surface area (Å²) in [6.45, 7) is 20.0. The second-order valence-corrected chi connectivity index (χ2v) is 19.4. The van der Waals surface area contributed by atoms with Crippen molar-refractivity contribution >= 4 is 22.3 Å². The lowest BCUT2D eigenvalue weighted by Crippen LogP contribution is -2.62. The molecule has 0 radical (unpaired) electrons. The standard InChI is InChI=1S/C40H74N4O7S/c1-27(2)12-8-13-30(37(46)43-22-11-25-44(23-9-20-41)24-10-21-42)36-32-14-15-35-38(5)18-17-33(51-52(47,48)49)28(3)31(38)16-19-39(35,6)40(32,7)26-34(36)50-29(4)45/h27-28,30-36H,8-26,41-42H2,1-7H3,(H,43,46)(H,47,48,49)/t28-,30+,31-,32-,33+,34-,35-,36-,38-,39-,40-/m0/s1. The minimum atomic E-state index is -4.52. The van der Waals surface area contributed by atoms with Crippen LogP contribution < -0.4 is 16.8 Å². The third-order valence-corrected chi connectivity index (χ3v) is 15.4. The van der Waals surface area contributed by atoms with Gasteiger partial charge in [-0.15, -0.1) is 0 Å². The monoisotopic (exact) mass is 755 g/mol. The number of hydrogen-bond donors (Lipinski definition) is 4. The van der Waals surface area contributed by atoms with E-state index in [-0.39, 0.29) is 63.8 Å². The number of nitrogens with zero attached hydrogens (tertiary/aromatic N) is 1. The molecular weight excluding hydrogens is 681 g/mol. The molecule has 52 heavy (non-hydrogen) atoms. The average molecular weight is 755 g/mol. The van der Waals surface area contributed by atoms with E-state index in [1.165, 1.54) is 6.92 Å². The van der Waals surface area contributed by atoms with E-state index < -0.39 is 16.5 Å². The highest BCUT2D eigenvalue weighted by molar-refractivity contribution is 7.80. The number of fused-ring (bicyclic) bond motifs is 5. The Labute approximate surface area is 315 Å². The molecule has 6 N–H and O–H groups in total. The summed E-state index contributed by atoms with van der Waals surface area (Å²) in [7, 11) is -4.52. The normalized spacial score (nSPS) is 36.6. The highest BCUT2D eigenvalue weighted by Gasteiger charge is 2.70. The number of carbonyl (C=O) groups is 2. The minimum absolute atomic E-state index is 0.00307. The van der Waals surface area contributed by atoms with E-state index in [4.69, 9.17) is 20.4 Å². The van der Waals surface area contributed by atoms with Gasteiger partial charge in [0, 0.05) is 25.3 Å². The van der Waals surface area contributed by atoms with Gasteiger partial charge < -0.3 is 26.4 Å². The molecule has 0 unspecified atom stereocenters. The maximum atomic E-state index is 14.4. The molecular formula is C40H74N4O7S. The number of esters is 1. The zero-order chi connectivity index (χ0) is 38.5. The summed E-state index contributed by atoms with van der Waals surface area (Å²) in [5.41, 5.74) is 11.4. The number of ether oxygens (including phenoxy) is 1. The van der Waals surface area contributed by atoms with E-state index in [0.717, 1.165) is 96.7 Å². The number of rotatable bonds is 19. The molecule has 0 aromatic rings. The molecule has 11 nitrogen and oxygen atoms in total. The Morgan fingerprint density at radius 3 is 2.13 bits per heavy atom. The van der Waals surface area contributed by atoms with Crippen molar-refractivity contribution in [2.45, 2.75) is 144 Å². The van der Waals surface area contributed by atoms with Crippen LogP contribution in [0.5, 0.6) is 0 Å². The van der Waals surface area contributed by atoms with Crippen molar-refractivity contribution in [3.05, 3.63) is 0 Å². The van der Waals surface area contributed by atoms with Crippen LogP contribution in [0.2, 0.25) is 0 Å². The number of nitrogens with one attached hydrogen (secondary N) is 1. The molecule has 302 valence electrons. The summed E-state index contributed by atoms with van der Waals surface area (Å²) in [5.74, 6) is 1.01. The quantitative estimate of drug-likeness (QED) is 0.0700. The average Bonchev–Trinajstić information content (AvgIpc) is 3.34. The second kappa shape index (κ2) is 18.1. The van der Waals surface area contributed by atoms with Gasteiger partial charge in [-0.2, -0.15) is 8.42 Å². The Kier molecular flexibility index (Phi) is 15.1. The summed E-state index contributed by atoms with van der Waals surface area (Å²) in [6, 6.07) is 0. The Bertz CT molecular complexity index is 1290. The largest absolute Gasteiger partial charge is 0.462 e. The fraction of sp³-hybridized carbons (Fsp3) is 0.950. The Morgan fingerprint density at radius 2 is 1.54 bits per heavy atom. The molecule has 4 aliphatic rings. The van der Waals surface area contributed by atoms with Crippen LogP contribution in [-0.2, 0) is 28.9 Å². The van der Waals surface area contributed by atoms with E-state index in [1.807, 2.05) is 0 Å². The lowest BCUT2D eigenvalue weighted by Gasteiger charge is -2.68. The minimum Gasteiger partial charge on any atom is -0.462 e. The molecule has 0 saturated heterocycles. The van der Waals surface area contributed by atoms with Crippen LogP contribution >= 0.6 is 0 Å². The zero-order valence-corrected chi connectivity index (χ0v) is 34.4. The van der Waals surface area contributed by atoms with Crippen LogP contribution in [0, 0.1) is 57.7 Å². The SMILES string of the molecule is CC(=O)O[C@H]1C[C@@]2(C)[C@@H](CC[C@H]3[C@@]4(C)CC[C@@H](OS(=O)(=O)O)[C@@H](C)[C@@H]4CC[C@@]32C)[C@@H]1[C@@H](CCCC(C)C)C(=O)NCCCN(CCCN)CCCN. The van der Waals surface area contributed by atoms with Crippen molar-refractivity contribution in [2.75, 3.05) is 39.3 Å². The van der Waals surface area contributed by atoms with Crippen LogP contribution in [-0.4, -0.2) is 81.2 Å². The van der Waals surface area contributed by atoms with Crippen molar-refractivity contribution in [3.8, 4) is 0 Å². The Balaban J connectivity index is 1.58. The van der Waals surface area contributed by atoms with Crippen LogP contribution in [0.1, 0.15) is 132 Å². The molecule has 4 aliphatic carbocycles. The number of amides is 1. The first-order valence-corrected chi connectivity index (χ1v) is 22.0. The Hall–Kier alpha value is -1.31. The van der Waals surface area contributed by atoms with Crippen molar-refractivity contribution in [2.24, 2.45) is 69.1 Å². The fourth-order valence-corrected chi connectivity index (χ4v) is 13.0. The molecule has 1 amide bonds. The summed E-state index contributed by atoms with van der Waals surface area (Å²) >= 11 is 0. The topological polar surface area (TPSA) is 174 Å². The number of nitrogens with two attached hydrogens (primary N) is 2. The molecule has 0 bridgehead atoms. The fourth-order valence-electron chi connectivity index (χ4n) is 12.4. The highest BCUT2D eigenvalue weighted by Crippen LogP contribution is 2.75. The van der Waals surface area contributed by atoms with Crippen molar-refractivity contribution < 1.29 is 31.5 Å². The molecule has 0 aliphatic heterocycles. The molecule has 0 spiro atoms. The smallest absolute Gasteiger partial charge is 0.397 e. The van der Waals surface area contributed by atoms with Gasteiger partial charge >= 0.3 is 16.4 Å². The lowest BCUT2D eigenvalue weighted by atomic mass is 9.37. The zero-order valence-electron chi connectivity index (χ0n) is 33.5. The van der Waals surface area contributed by atoms with Crippen LogP contribution in [0.4, 0.5) is 0 Å². The first-order chi connectivity index (χ1) is 24.4. The summed E-state index contributed by atoms with van der Waals surface area (Å²) in [6.07, 6.45) is 10.8. The predicted octanol–water partition coefficient (Wildman–Crippen LogP) is 5.96. The first-order valence-electron chi connectivity index (χ1n) is 20.6. The molecule has 0 aromatic carbocycles. The van der Waals surface area contributed by atoms with E-state index in [1.54, 1.807) is 0 Å². The predicted molar refractivity (Wildman–Crippen MR) is 205 cm³/mol. The molecule has 4 fully saturated rings. The van der Waals surface area contributed by atoms with Crippen LogP contribution in [0.3, 0.4) is 0 Å². The maximum Gasteiger partial charge on any atom is 0.397 e. The lowest BCUT2D eigenvalue weighted by molar-refractivity contribution is -0.201. The highest BCUT2D eigenvalue weighted by atomic mass is 32.3. The van der Waals surface area contributed by atoms with Gasteiger partial charge in [-0.25, -0.2) is 4.18 Å². The van der Waals surface area contributed by atoms with Gasteiger partial charge in [-0.3, -0.25) is 14.1 Å². The van der Waals surface area contributed by atoms with Crippen molar-refractivity contribution in [1.82, 2.24) is 10.2 Å². The molecule has 0 heterocycles. The summed E-state index contributed by atoms with van der Waals surface area (Å²) < 4.78 is 44.4. The van der Waals surface area contributed by atoms with E-state index >= 15 is 0 Å². The van der Waals surface area contributed by atoms with E-state index in [0.29, 0.717) is 37.9 Å². The van der Waals surface area contributed by atoms with Gasteiger partial charge in [-0.1, -0.05) is 54.4 Å².